The Kier molecular flexibility index (Phi) is 7.38. The van der Waals surface area contributed by atoms with Crippen LogP contribution in [0.2, 0.25) is 0 Å². The summed E-state index contributed by atoms with van der Waals surface area (Å²) in [5, 5.41) is 3.91. The Labute approximate surface area is 159 Å². The van der Waals surface area contributed by atoms with E-state index in [-0.39, 0.29) is 18.2 Å². The summed E-state index contributed by atoms with van der Waals surface area (Å²) >= 11 is 0. The second-order valence-electron chi connectivity index (χ2n) is 6.72. The topological polar surface area (TPSA) is 95.6 Å². The summed E-state index contributed by atoms with van der Waals surface area (Å²) in [5.41, 5.74) is 6.53. The van der Waals surface area contributed by atoms with Crippen molar-refractivity contribution in [2.24, 2.45) is 5.73 Å². The first kappa shape index (κ1) is 20.9. The van der Waals surface area contributed by atoms with Crippen LogP contribution in [0.3, 0.4) is 0 Å². The van der Waals surface area contributed by atoms with Crippen LogP contribution in [0.1, 0.15) is 33.3 Å². The number of hydrogen-bond donors (Lipinski definition) is 2. The molecule has 1 aromatic carbocycles. The van der Waals surface area contributed by atoms with E-state index in [4.69, 9.17) is 15.2 Å². The number of primary amides is 1. The predicted molar refractivity (Wildman–Crippen MR) is 106 cm³/mol. The molecule has 0 unspecified atom stereocenters. The van der Waals surface area contributed by atoms with E-state index in [1.165, 1.54) is 0 Å². The Morgan fingerprint density at radius 1 is 1.26 bits per heavy atom. The van der Waals surface area contributed by atoms with Crippen LogP contribution in [0.25, 0.3) is 10.9 Å². The van der Waals surface area contributed by atoms with E-state index in [2.05, 4.69) is 5.32 Å². The molecule has 2 aromatic rings. The number of hydrogen-bond acceptors (Lipinski definition) is 5. The number of fused-ring (bicyclic) bond motifs is 1. The van der Waals surface area contributed by atoms with Crippen molar-refractivity contribution in [2.75, 3.05) is 13.2 Å². The first-order valence-electron chi connectivity index (χ1n) is 9.27. The van der Waals surface area contributed by atoms with Gasteiger partial charge in [-0.1, -0.05) is 0 Å². The van der Waals surface area contributed by atoms with Gasteiger partial charge in [0, 0.05) is 31.3 Å². The van der Waals surface area contributed by atoms with E-state index in [1.54, 1.807) is 11.5 Å². The standard InChI is InChI=1S/C20H29N3O4/c1-5-26-9-8-23-18-11-17(27-13(2)3)7-6-15(18)10-16(20(23)25)12-22-14(4)19(21)24/h6-7,10-11,13-14,22H,5,8-9,12H2,1-4H3,(H2,21,24)/t14-/m0/s1. The zero-order valence-corrected chi connectivity index (χ0v) is 16.5. The first-order valence-corrected chi connectivity index (χ1v) is 9.27. The van der Waals surface area contributed by atoms with Crippen LogP contribution in [-0.2, 0) is 22.6 Å². The van der Waals surface area contributed by atoms with Crippen molar-refractivity contribution < 1.29 is 14.3 Å². The zero-order chi connectivity index (χ0) is 20.0. The molecule has 27 heavy (non-hydrogen) atoms. The number of nitrogens with one attached hydrogen (secondary N) is 1. The molecule has 0 bridgehead atoms. The minimum atomic E-state index is -0.515. The molecule has 1 amide bonds. The second-order valence-corrected chi connectivity index (χ2v) is 6.72. The summed E-state index contributed by atoms with van der Waals surface area (Å²) in [4.78, 5) is 24.2. The number of pyridine rings is 1. The van der Waals surface area contributed by atoms with Crippen molar-refractivity contribution in [1.82, 2.24) is 9.88 Å². The molecule has 7 heteroatoms. The number of carbonyl (C=O) groups excluding carboxylic acids is 1. The lowest BCUT2D eigenvalue weighted by molar-refractivity contribution is -0.119. The zero-order valence-electron chi connectivity index (χ0n) is 16.5. The molecular formula is C20H29N3O4. The van der Waals surface area contributed by atoms with Gasteiger partial charge in [0.1, 0.15) is 5.75 Å². The summed E-state index contributed by atoms with van der Waals surface area (Å²) < 4.78 is 12.9. The van der Waals surface area contributed by atoms with Crippen molar-refractivity contribution >= 4 is 16.8 Å². The largest absolute Gasteiger partial charge is 0.491 e. The van der Waals surface area contributed by atoms with Crippen molar-refractivity contribution in [3.8, 4) is 5.75 Å². The van der Waals surface area contributed by atoms with E-state index >= 15 is 0 Å². The van der Waals surface area contributed by atoms with E-state index in [9.17, 15) is 9.59 Å². The van der Waals surface area contributed by atoms with Gasteiger partial charge in [-0.25, -0.2) is 0 Å². The Hall–Kier alpha value is -2.38. The van der Waals surface area contributed by atoms with Gasteiger partial charge in [-0.3, -0.25) is 9.59 Å². The van der Waals surface area contributed by atoms with Crippen LogP contribution in [0.15, 0.2) is 29.1 Å². The molecule has 0 spiro atoms. The molecule has 1 aromatic heterocycles. The predicted octanol–water partition coefficient (Wildman–Crippen LogP) is 1.79. The molecule has 1 heterocycles. The first-order chi connectivity index (χ1) is 12.8. The Morgan fingerprint density at radius 3 is 2.63 bits per heavy atom. The highest BCUT2D eigenvalue weighted by Crippen LogP contribution is 2.22. The second kappa shape index (κ2) is 9.53. The fraction of sp³-hybridized carbons (Fsp3) is 0.500. The molecule has 7 nitrogen and oxygen atoms in total. The van der Waals surface area contributed by atoms with E-state index in [0.29, 0.717) is 25.3 Å². The quantitative estimate of drug-likeness (QED) is 0.617. The van der Waals surface area contributed by atoms with Crippen LogP contribution >= 0.6 is 0 Å². The molecule has 0 radical (unpaired) electrons. The summed E-state index contributed by atoms with van der Waals surface area (Å²) in [6.45, 7) is 9.24. The van der Waals surface area contributed by atoms with Crippen LogP contribution < -0.4 is 21.3 Å². The average molecular weight is 375 g/mol. The number of ether oxygens (including phenoxy) is 2. The fourth-order valence-electron chi connectivity index (χ4n) is 2.77. The maximum absolute atomic E-state index is 13.0. The lowest BCUT2D eigenvalue weighted by Gasteiger charge is -2.16. The minimum Gasteiger partial charge on any atom is -0.491 e. The molecule has 0 aliphatic heterocycles. The molecule has 0 saturated carbocycles. The number of nitrogens with two attached hydrogens (primary N) is 1. The van der Waals surface area contributed by atoms with Crippen LogP contribution in [-0.4, -0.2) is 35.8 Å². The third-order valence-electron chi connectivity index (χ3n) is 4.20. The van der Waals surface area contributed by atoms with Crippen molar-refractivity contribution in [2.45, 2.75) is 52.9 Å². The average Bonchev–Trinajstić information content (AvgIpc) is 2.61. The van der Waals surface area contributed by atoms with Gasteiger partial charge in [0.2, 0.25) is 5.91 Å². The summed E-state index contributed by atoms with van der Waals surface area (Å²) in [6.07, 6.45) is 0.0461. The maximum atomic E-state index is 13.0. The molecule has 0 saturated heterocycles. The summed E-state index contributed by atoms with van der Waals surface area (Å²) in [6, 6.07) is 7.03. The van der Waals surface area contributed by atoms with Crippen molar-refractivity contribution in [3.63, 3.8) is 0 Å². The van der Waals surface area contributed by atoms with Crippen molar-refractivity contribution in [3.05, 3.63) is 40.2 Å². The van der Waals surface area contributed by atoms with Crippen molar-refractivity contribution in [1.29, 1.82) is 0 Å². The van der Waals surface area contributed by atoms with Crippen LogP contribution in [0.5, 0.6) is 5.75 Å². The van der Waals surface area contributed by atoms with Gasteiger partial charge in [-0.2, -0.15) is 0 Å². The molecule has 2 rings (SSSR count). The Balaban J connectivity index is 2.44. The highest BCUT2D eigenvalue weighted by molar-refractivity contribution is 5.81. The fourth-order valence-corrected chi connectivity index (χ4v) is 2.77. The molecule has 0 aliphatic rings. The molecule has 1 atom stereocenters. The highest BCUT2D eigenvalue weighted by Gasteiger charge is 2.13. The number of carbonyl (C=O) groups is 1. The molecule has 0 fully saturated rings. The number of benzene rings is 1. The van der Waals surface area contributed by atoms with E-state index in [0.717, 1.165) is 16.7 Å². The molecule has 148 valence electrons. The van der Waals surface area contributed by atoms with Gasteiger partial charge in [-0.15, -0.1) is 0 Å². The normalized spacial score (nSPS) is 12.5. The van der Waals surface area contributed by atoms with Gasteiger partial charge >= 0.3 is 0 Å². The summed E-state index contributed by atoms with van der Waals surface area (Å²) in [7, 11) is 0. The SMILES string of the molecule is CCOCCn1c(=O)c(CN[C@@H](C)C(N)=O)cc2ccc(OC(C)C)cc21. The number of aromatic nitrogens is 1. The van der Waals surface area contributed by atoms with Gasteiger partial charge in [0.05, 0.1) is 24.3 Å². The third-order valence-corrected chi connectivity index (χ3v) is 4.20. The minimum absolute atomic E-state index is 0.0461. The van der Waals surface area contributed by atoms with Gasteiger partial charge in [-0.05, 0) is 51.3 Å². The van der Waals surface area contributed by atoms with Gasteiger partial charge in [0.25, 0.3) is 5.56 Å². The molecule has 0 aliphatic carbocycles. The summed E-state index contributed by atoms with van der Waals surface area (Å²) in [5.74, 6) is 0.262. The van der Waals surface area contributed by atoms with E-state index < -0.39 is 11.9 Å². The van der Waals surface area contributed by atoms with Crippen LogP contribution in [0.4, 0.5) is 0 Å². The monoisotopic (exact) mass is 375 g/mol. The molecular weight excluding hydrogens is 346 g/mol. The third kappa shape index (κ3) is 5.55. The number of nitrogens with zero attached hydrogens (tertiary/aromatic N) is 1. The Bertz CT molecular complexity index is 845. The Morgan fingerprint density at radius 2 is 2.00 bits per heavy atom. The van der Waals surface area contributed by atoms with Gasteiger partial charge in [0.15, 0.2) is 0 Å². The van der Waals surface area contributed by atoms with Gasteiger partial charge < -0.3 is 25.1 Å². The smallest absolute Gasteiger partial charge is 0.255 e. The number of amides is 1. The number of rotatable bonds is 10. The lowest BCUT2D eigenvalue weighted by Crippen LogP contribution is -2.39. The van der Waals surface area contributed by atoms with E-state index in [1.807, 2.05) is 45.0 Å². The molecule has 3 N–H and O–H groups in total. The van der Waals surface area contributed by atoms with Crippen LogP contribution in [0, 0.1) is 0 Å². The lowest BCUT2D eigenvalue weighted by atomic mass is 10.1. The maximum Gasteiger partial charge on any atom is 0.255 e. The highest BCUT2D eigenvalue weighted by atomic mass is 16.5.